The van der Waals surface area contributed by atoms with E-state index in [2.05, 4.69) is 113 Å². The van der Waals surface area contributed by atoms with Crippen LogP contribution in [0, 0.1) is 0 Å². The predicted molar refractivity (Wildman–Crippen MR) is 176 cm³/mol. The highest BCUT2D eigenvalue weighted by atomic mass is 32.2. The first-order valence-electron chi connectivity index (χ1n) is 15.0. The molecule has 0 fully saturated rings. The van der Waals surface area contributed by atoms with Crippen molar-refractivity contribution < 1.29 is 8.42 Å². The van der Waals surface area contributed by atoms with Gasteiger partial charge in [-0.3, -0.25) is 0 Å². The third-order valence-electron chi connectivity index (χ3n) is 9.95. The van der Waals surface area contributed by atoms with Crippen LogP contribution in [0.4, 0.5) is 17.1 Å². The van der Waals surface area contributed by atoms with Crippen molar-refractivity contribution in [2.24, 2.45) is 0 Å². The van der Waals surface area contributed by atoms with Gasteiger partial charge in [0.05, 0.1) is 21.2 Å². The SMILES string of the molecule is CC1(C)c2ccccc2N(c2ccc3c(c2)C(C)(C)c2cc(S(=O)(=O)c4ccccc4)ccc2C3(C)C)c2ccccc21. The first-order chi connectivity index (χ1) is 20.4. The van der Waals surface area contributed by atoms with Crippen molar-refractivity contribution in [3.8, 4) is 0 Å². The Morgan fingerprint density at radius 2 is 0.907 bits per heavy atom. The van der Waals surface area contributed by atoms with Gasteiger partial charge >= 0.3 is 0 Å². The van der Waals surface area contributed by atoms with Gasteiger partial charge in [-0.2, -0.15) is 0 Å². The Labute approximate surface area is 255 Å². The van der Waals surface area contributed by atoms with Crippen LogP contribution in [0.3, 0.4) is 0 Å². The van der Waals surface area contributed by atoms with E-state index in [1.807, 2.05) is 18.2 Å². The summed E-state index contributed by atoms with van der Waals surface area (Å²) in [6, 6.07) is 38.7. The molecular weight excluding hydrogens is 547 g/mol. The van der Waals surface area contributed by atoms with E-state index >= 15 is 0 Å². The zero-order valence-electron chi connectivity index (χ0n) is 25.6. The first kappa shape index (κ1) is 27.7. The van der Waals surface area contributed by atoms with Gasteiger partial charge in [-0.25, -0.2) is 8.42 Å². The zero-order chi connectivity index (χ0) is 30.4. The fourth-order valence-electron chi connectivity index (χ4n) is 7.46. The number of fused-ring (bicyclic) bond motifs is 4. The van der Waals surface area contributed by atoms with Crippen LogP contribution in [-0.2, 0) is 26.1 Å². The van der Waals surface area contributed by atoms with Crippen molar-refractivity contribution in [3.05, 3.63) is 149 Å². The van der Waals surface area contributed by atoms with Crippen LogP contribution >= 0.6 is 0 Å². The molecule has 1 aliphatic carbocycles. The topological polar surface area (TPSA) is 37.4 Å². The number of sulfone groups is 1. The van der Waals surface area contributed by atoms with Gasteiger partial charge in [0.25, 0.3) is 0 Å². The van der Waals surface area contributed by atoms with Crippen molar-refractivity contribution in [2.75, 3.05) is 4.90 Å². The van der Waals surface area contributed by atoms with Gasteiger partial charge < -0.3 is 4.90 Å². The molecule has 0 saturated carbocycles. The van der Waals surface area contributed by atoms with Crippen molar-refractivity contribution in [1.29, 1.82) is 0 Å². The molecule has 4 heteroatoms. The van der Waals surface area contributed by atoms with Crippen molar-refractivity contribution in [1.82, 2.24) is 0 Å². The van der Waals surface area contributed by atoms with E-state index in [1.165, 1.54) is 39.2 Å². The van der Waals surface area contributed by atoms with E-state index in [4.69, 9.17) is 0 Å². The van der Waals surface area contributed by atoms with Gasteiger partial charge in [-0.1, -0.05) is 108 Å². The monoisotopic (exact) mass is 583 g/mol. The normalized spacial score (nSPS) is 17.3. The molecule has 0 unspecified atom stereocenters. The molecule has 0 amide bonds. The fourth-order valence-corrected chi connectivity index (χ4v) is 8.77. The highest BCUT2D eigenvalue weighted by molar-refractivity contribution is 7.91. The summed E-state index contributed by atoms with van der Waals surface area (Å²) in [4.78, 5) is 3.04. The number of rotatable bonds is 3. The molecule has 5 aromatic rings. The fraction of sp³-hybridized carbons (Fsp3) is 0.231. The van der Waals surface area contributed by atoms with Crippen LogP contribution in [0.25, 0.3) is 0 Å². The number of para-hydroxylation sites is 2. The molecule has 1 aliphatic heterocycles. The van der Waals surface area contributed by atoms with E-state index < -0.39 is 15.3 Å². The lowest BCUT2D eigenvalue weighted by atomic mass is 9.60. The van der Waals surface area contributed by atoms with Gasteiger partial charge in [0.1, 0.15) is 0 Å². The summed E-state index contributed by atoms with van der Waals surface area (Å²) in [6.07, 6.45) is 0. The molecule has 0 bridgehead atoms. The van der Waals surface area contributed by atoms with E-state index in [1.54, 1.807) is 30.3 Å². The molecule has 5 aromatic carbocycles. The quantitative estimate of drug-likeness (QED) is 0.212. The molecule has 0 spiro atoms. The van der Waals surface area contributed by atoms with Gasteiger partial charge in [0.15, 0.2) is 0 Å². The third-order valence-corrected chi connectivity index (χ3v) is 11.7. The first-order valence-corrected chi connectivity index (χ1v) is 16.4. The van der Waals surface area contributed by atoms with Gasteiger partial charge in [0, 0.05) is 21.9 Å². The third kappa shape index (κ3) is 3.89. The van der Waals surface area contributed by atoms with E-state index in [0.717, 1.165) is 11.3 Å². The number of benzene rings is 5. The van der Waals surface area contributed by atoms with Gasteiger partial charge in [-0.05, 0) is 81.9 Å². The van der Waals surface area contributed by atoms with Crippen LogP contribution < -0.4 is 4.90 Å². The molecule has 1 heterocycles. The lowest BCUT2D eigenvalue weighted by Crippen LogP contribution is -2.37. The van der Waals surface area contributed by atoms with Crippen molar-refractivity contribution in [2.45, 2.75) is 67.6 Å². The number of anilines is 3. The Balaban J connectivity index is 1.42. The maximum Gasteiger partial charge on any atom is 0.206 e. The average molecular weight is 584 g/mol. The minimum Gasteiger partial charge on any atom is -0.310 e. The molecule has 0 atom stereocenters. The van der Waals surface area contributed by atoms with Crippen LogP contribution in [0.1, 0.15) is 74.9 Å². The molecule has 3 nitrogen and oxygen atoms in total. The van der Waals surface area contributed by atoms with Crippen molar-refractivity contribution >= 4 is 26.9 Å². The zero-order valence-corrected chi connectivity index (χ0v) is 26.5. The van der Waals surface area contributed by atoms with Crippen LogP contribution in [0.2, 0.25) is 0 Å². The van der Waals surface area contributed by atoms with Gasteiger partial charge in [-0.15, -0.1) is 0 Å². The smallest absolute Gasteiger partial charge is 0.206 e. The predicted octanol–water partition coefficient (Wildman–Crippen LogP) is 9.59. The van der Waals surface area contributed by atoms with Crippen LogP contribution in [0.15, 0.2) is 125 Å². The highest BCUT2D eigenvalue weighted by Crippen LogP contribution is 2.55. The Morgan fingerprint density at radius 1 is 0.442 bits per heavy atom. The second-order valence-electron chi connectivity index (χ2n) is 13.5. The van der Waals surface area contributed by atoms with Gasteiger partial charge in [0.2, 0.25) is 9.84 Å². The second-order valence-corrected chi connectivity index (χ2v) is 15.4. The lowest BCUT2D eigenvalue weighted by Gasteiger charge is -2.45. The Bertz CT molecular complexity index is 1970. The maximum absolute atomic E-state index is 13.7. The number of hydrogen-bond acceptors (Lipinski definition) is 3. The van der Waals surface area contributed by atoms with Crippen LogP contribution in [0.5, 0.6) is 0 Å². The Kier molecular flexibility index (Phi) is 5.90. The Morgan fingerprint density at radius 3 is 1.51 bits per heavy atom. The molecule has 0 saturated heterocycles. The van der Waals surface area contributed by atoms with Crippen LogP contribution in [-0.4, -0.2) is 8.42 Å². The Hall–Kier alpha value is -4.15. The molecule has 0 radical (unpaired) electrons. The van der Waals surface area contributed by atoms with E-state index in [0.29, 0.717) is 9.79 Å². The summed E-state index contributed by atoms with van der Waals surface area (Å²) >= 11 is 0. The lowest BCUT2D eigenvalue weighted by molar-refractivity contribution is 0.518. The summed E-state index contributed by atoms with van der Waals surface area (Å²) in [5.41, 5.74) is 9.95. The minimum atomic E-state index is -3.65. The molecule has 0 aromatic heterocycles. The number of hydrogen-bond donors (Lipinski definition) is 0. The standard InChI is InChI=1S/C39H37NO2S/c1-37(2)29-22-20-26(40-35-18-12-10-16-31(35)38(3,4)32-17-11-13-19-36(32)40)24-33(29)39(5,6)34-25-28(21-23-30(34)37)43(41,42)27-14-8-7-9-15-27/h7-25H,1-6H3. The van der Waals surface area contributed by atoms with E-state index in [9.17, 15) is 8.42 Å². The molecule has 43 heavy (non-hydrogen) atoms. The summed E-state index contributed by atoms with van der Waals surface area (Å²) < 4.78 is 27.4. The summed E-state index contributed by atoms with van der Waals surface area (Å²) in [5, 5.41) is 0. The molecule has 7 rings (SSSR count). The average Bonchev–Trinajstić information content (AvgIpc) is 3.01. The molecule has 216 valence electrons. The molecule has 2 aliphatic rings. The largest absolute Gasteiger partial charge is 0.310 e. The molecular formula is C39H37NO2S. The maximum atomic E-state index is 13.7. The second kappa shape index (κ2) is 9.17. The van der Waals surface area contributed by atoms with E-state index in [-0.39, 0.29) is 10.8 Å². The summed E-state index contributed by atoms with van der Waals surface area (Å²) in [5.74, 6) is 0. The number of nitrogens with zero attached hydrogens (tertiary/aromatic N) is 1. The minimum absolute atomic E-state index is 0.126. The summed E-state index contributed by atoms with van der Waals surface area (Å²) in [6.45, 7) is 13.6. The summed E-state index contributed by atoms with van der Waals surface area (Å²) in [7, 11) is -3.65. The van der Waals surface area contributed by atoms with Crippen molar-refractivity contribution in [3.63, 3.8) is 0 Å². The molecule has 0 N–H and O–H groups in total. The highest BCUT2D eigenvalue weighted by Gasteiger charge is 2.43.